The molecule has 1 amide bonds. The first-order valence-electron chi connectivity index (χ1n) is 5.80. The Kier molecular flexibility index (Phi) is 5.24. The van der Waals surface area contributed by atoms with Crippen LogP contribution in [0.1, 0.15) is 5.56 Å². The summed E-state index contributed by atoms with van der Waals surface area (Å²) >= 11 is 6.43. The Hall–Kier alpha value is -1.99. The smallest absolute Gasteiger partial charge is 0.211 e. The Morgan fingerprint density at radius 2 is 2.14 bits per heavy atom. The number of aromatic nitrogens is 1. The zero-order chi connectivity index (χ0) is 15.2. The number of nitrogens with one attached hydrogen (secondary N) is 1. The molecule has 2 aromatic rings. The maximum Gasteiger partial charge on any atom is 0.211 e. The van der Waals surface area contributed by atoms with Crippen molar-refractivity contribution in [2.45, 2.75) is 10.6 Å². The lowest BCUT2D eigenvalue weighted by Gasteiger charge is -2.10. The molecule has 0 radical (unpaired) electrons. The molecule has 0 aliphatic rings. The molecule has 0 bridgehead atoms. The summed E-state index contributed by atoms with van der Waals surface area (Å²) in [6, 6.07) is 7.01. The topological polar surface area (TPSA) is 77.2 Å². The van der Waals surface area contributed by atoms with E-state index in [2.05, 4.69) is 14.6 Å². The lowest BCUT2D eigenvalue weighted by molar-refractivity contribution is -0.105. The van der Waals surface area contributed by atoms with Gasteiger partial charge in [-0.25, -0.2) is 9.37 Å². The second-order valence-electron chi connectivity index (χ2n) is 3.97. The van der Waals surface area contributed by atoms with E-state index < -0.39 is 5.82 Å². The third-order valence-corrected chi connectivity index (χ3v) is 3.96. The van der Waals surface area contributed by atoms with E-state index >= 15 is 0 Å². The van der Waals surface area contributed by atoms with Crippen LogP contribution in [0.3, 0.4) is 0 Å². The molecule has 0 spiro atoms. The molecule has 0 aliphatic carbocycles. The number of nitrogens with two attached hydrogens (primary N) is 1. The van der Waals surface area contributed by atoms with Gasteiger partial charge in [-0.2, -0.15) is 0 Å². The summed E-state index contributed by atoms with van der Waals surface area (Å²) in [7, 11) is 0. The molecule has 0 atom stereocenters. The molecule has 0 aliphatic heterocycles. The van der Waals surface area contributed by atoms with Crippen LogP contribution in [0.2, 0.25) is 0 Å². The fraction of sp³-hybridized carbons (Fsp3) is 0.0769. The number of nitrogen functional groups attached to an aromatic ring is 1. The fourth-order valence-corrected chi connectivity index (χ4v) is 2.69. The summed E-state index contributed by atoms with van der Waals surface area (Å²) in [5, 5.41) is 2.40. The molecular weight excluding hydrogens is 317 g/mol. The van der Waals surface area contributed by atoms with E-state index in [4.69, 9.17) is 17.6 Å². The number of hydrogen-bond donors (Lipinski definition) is 2. The van der Waals surface area contributed by atoms with Gasteiger partial charge in [0.05, 0.1) is 16.8 Å². The van der Waals surface area contributed by atoms with Gasteiger partial charge in [-0.3, -0.25) is 4.79 Å². The van der Waals surface area contributed by atoms with Crippen LogP contribution in [0.5, 0.6) is 5.75 Å². The number of pyridine rings is 1. The standard InChI is InChI=1S/C13H11ClFN3O2S/c14-20-9-3-1-8(2-4-9)6-21-12-10(18-7-19)5-17-13(16)11(12)15/h1-5,7H,6H2,(H2,16,17)(H,18,19). The van der Waals surface area contributed by atoms with Gasteiger partial charge in [0.2, 0.25) is 6.41 Å². The number of anilines is 2. The minimum atomic E-state index is -0.646. The van der Waals surface area contributed by atoms with Gasteiger partial charge in [-0.1, -0.05) is 12.1 Å². The number of nitrogens with zero attached hydrogens (tertiary/aromatic N) is 1. The quantitative estimate of drug-likeness (QED) is 0.629. The molecule has 0 saturated heterocycles. The highest BCUT2D eigenvalue weighted by Gasteiger charge is 2.14. The maximum absolute atomic E-state index is 14.0. The molecule has 8 heteroatoms. The van der Waals surface area contributed by atoms with Crippen molar-refractivity contribution < 1.29 is 13.5 Å². The zero-order valence-corrected chi connectivity index (χ0v) is 12.2. The Morgan fingerprint density at radius 1 is 1.43 bits per heavy atom. The summed E-state index contributed by atoms with van der Waals surface area (Å²) < 4.78 is 18.6. The number of rotatable bonds is 6. The fourth-order valence-electron chi connectivity index (χ4n) is 1.58. The van der Waals surface area contributed by atoms with Crippen molar-refractivity contribution in [3.05, 3.63) is 41.8 Å². The molecule has 3 N–H and O–H groups in total. The lowest BCUT2D eigenvalue weighted by Crippen LogP contribution is -2.03. The van der Waals surface area contributed by atoms with Gasteiger partial charge >= 0.3 is 0 Å². The van der Waals surface area contributed by atoms with E-state index in [0.29, 0.717) is 17.9 Å². The minimum absolute atomic E-state index is 0.208. The van der Waals surface area contributed by atoms with Gasteiger partial charge in [-0.15, -0.1) is 11.8 Å². The van der Waals surface area contributed by atoms with E-state index in [-0.39, 0.29) is 16.4 Å². The van der Waals surface area contributed by atoms with Crippen LogP contribution in [0.4, 0.5) is 15.9 Å². The minimum Gasteiger partial charge on any atom is -0.386 e. The van der Waals surface area contributed by atoms with Crippen LogP contribution >= 0.6 is 23.6 Å². The average molecular weight is 328 g/mol. The van der Waals surface area contributed by atoms with E-state index in [1.54, 1.807) is 24.3 Å². The number of halogens is 2. The second kappa shape index (κ2) is 7.14. The van der Waals surface area contributed by atoms with E-state index in [0.717, 1.165) is 5.56 Å². The van der Waals surface area contributed by atoms with Crippen molar-refractivity contribution in [2.75, 3.05) is 11.1 Å². The molecule has 5 nitrogen and oxygen atoms in total. The zero-order valence-electron chi connectivity index (χ0n) is 10.7. The van der Waals surface area contributed by atoms with Crippen LogP contribution in [0, 0.1) is 5.82 Å². The predicted molar refractivity (Wildman–Crippen MR) is 80.8 cm³/mol. The van der Waals surface area contributed by atoms with Crippen LogP contribution in [-0.2, 0) is 10.5 Å². The van der Waals surface area contributed by atoms with Gasteiger partial charge < -0.3 is 15.3 Å². The van der Waals surface area contributed by atoms with Crippen molar-refractivity contribution in [1.29, 1.82) is 0 Å². The molecule has 2 rings (SSSR count). The Bertz CT molecular complexity index is 640. The van der Waals surface area contributed by atoms with Crippen molar-refractivity contribution in [2.24, 2.45) is 0 Å². The summed E-state index contributed by atoms with van der Waals surface area (Å²) in [6.07, 6.45) is 1.78. The summed E-state index contributed by atoms with van der Waals surface area (Å²) in [5.74, 6) is 0.150. The molecule has 1 heterocycles. The highest BCUT2D eigenvalue weighted by molar-refractivity contribution is 7.98. The first-order chi connectivity index (χ1) is 10.2. The van der Waals surface area contributed by atoms with Gasteiger partial charge in [0.15, 0.2) is 11.6 Å². The number of hydrogen-bond acceptors (Lipinski definition) is 5. The Morgan fingerprint density at radius 3 is 2.76 bits per heavy atom. The van der Waals surface area contributed by atoms with Gasteiger partial charge in [0.25, 0.3) is 0 Å². The van der Waals surface area contributed by atoms with Gasteiger partial charge in [0.1, 0.15) is 17.6 Å². The summed E-state index contributed by atoms with van der Waals surface area (Å²) in [6.45, 7) is 0. The number of amides is 1. The third kappa shape index (κ3) is 3.77. The summed E-state index contributed by atoms with van der Waals surface area (Å²) in [4.78, 5) is 14.5. The number of benzene rings is 1. The highest BCUT2D eigenvalue weighted by atomic mass is 35.5. The van der Waals surface area contributed by atoms with E-state index in [1.807, 2.05) is 0 Å². The molecule has 1 aromatic carbocycles. The molecular formula is C13H11ClFN3O2S. The van der Waals surface area contributed by atoms with Crippen molar-refractivity contribution >= 4 is 41.5 Å². The van der Waals surface area contributed by atoms with Crippen molar-refractivity contribution in [1.82, 2.24) is 4.98 Å². The lowest BCUT2D eigenvalue weighted by atomic mass is 10.2. The largest absolute Gasteiger partial charge is 0.386 e. The van der Waals surface area contributed by atoms with Crippen molar-refractivity contribution in [3.63, 3.8) is 0 Å². The molecule has 21 heavy (non-hydrogen) atoms. The molecule has 0 fully saturated rings. The molecule has 1 aromatic heterocycles. The van der Waals surface area contributed by atoms with E-state index in [1.165, 1.54) is 18.0 Å². The molecule has 110 valence electrons. The highest BCUT2D eigenvalue weighted by Crippen LogP contribution is 2.34. The maximum atomic E-state index is 14.0. The Balaban J connectivity index is 2.17. The summed E-state index contributed by atoms with van der Waals surface area (Å²) in [5.41, 5.74) is 6.66. The van der Waals surface area contributed by atoms with Crippen LogP contribution in [0.25, 0.3) is 0 Å². The first-order valence-corrected chi connectivity index (χ1v) is 7.09. The first kappa shape index (κ1) is 15.4. The monoisotopic (exact) mass is 327 g/mol. The SMILES string of the molecule is Nc1ncc(NC=O)c(SCc2ccc(OCl)cc2)c1F. The molecule has 0 saturated carbocycles. The molecule has 0 unspecified atom stereocenters. The van der Waals surface area contributed by atoms with Crippen LogP contribution in [-0.4, -0.2) is 11.4 Å². The number of thioether (sulfide) groups is 1. The normalized spacial score (nSPS) is 10.2. The number of carbonyl (C=O) groups excluding carboxylic acids is 1. The van der Waals surface area contributed by atoms with Crippen LogP contribution in [0.15, 0.2) is 35.4 Å². The number of carbonyl (C=O) groups is 1. The third-order valence-electron chi connectivity index (χ3n) is 2.61. The predicted octanol–water partition coefficient (Wildman–Crippen LogP) is 3.20. The van der Waals surface area contributed by atoms with Gasteiger partial charge in [0, 0.05) is 5.75 Å². The van der Waals surface area contributed by atoms with Crippen LogP contribution < -0.4 is 15.3 Å². The van der Waals surface area contributed by atoms with Crippen molar-refractivity contribution in [3.8, 4) is 5.75 Å². The average Bonchev–Trinajstić information content (AvgIpc) is 2.51. The Labute approximate surface area is 129 Å². The second-order valence-corrected chi connectivity index (χ2v) is 5.11. The van der Waals surface area contributed by atoms with Gasteiger partial charge in [-0.05, 0) is 17.7 Å². The van der Waals surface area contributed by atoms with E-state index in [9.17, 15) is 9.18 Å².